The lowest BCUT2D eigenvalue weighted by molar-refractivity contribution is -0.138. The number of carbonyl (C=O) groups is 1. The van der Waals surface area contributed by atoms with Crippen LogP contribution in [0.4, 0.5) is 0 Å². The maximum absolute atomic E-state index is 10.8. The molecule has 104 valence electrons. The van der Waals surface area contributed by atoms with Crippen molar-refractivity contribution in [2.24, 2.45) is 5.41 Å². The molecule has 2 rings (SSSR count). The van der Waals surface area contributed by atoms with Crippen LogP contribution >= 0.6 is 11.8 Å². The molecule has 1 fully saturated rings. The summed E-state index contributed by atoms with van der Waals surface area (Å²) in [5, 5.41) is 9.35. The Balaban J connectivity index is 2.01. The number of hydrogen-bond acceptors (Lipinski definition) is 7. The molecule has 1 saturated carbocycles. The Hall–Kier alpha value is -1.57. The fourth-order valence-electron chi connectivity index (χ4n) is 1.65. The van der Waals surface area contributed by atoms with Crippen LogP contribution in [0.3, 0.4) is 0 Å². The molecule has 19 heavy (non-hydrogen) atoms. The second kappa shape index (κ2) is 5.60. The maximum Gasteiger partial charge on any atom is 0.323 e. The lowest BCUT2D eigenvalue weighted by Gasteiger charge is -2.11. The highest BCUT2D eigenvalue weighted by atomic mass is 32.2. The molecule has 1 aromatic heterocycles. The van der Waals surface area contributed by atoms with Crippen LogP contribution in [0, 0.1) is 5.41 Å². The number of hydrogen-bond donors (Lipinski definition) is 1. The van der Waals surface area contributed by atoms with E-state index in [9.17, 15) is 4.79 Å². The molecule has 0 radical (unpaired) electrons. The normalized spacial score (nSPS) is 15.9. The first-order chi connectivity index (χ1) is 9.07. The highest BCUT2D eigenvalue weighted by Gasteiger charge is 2.44. The molecule has 1 heterocycles. The van der Waals surface area contributed by atoms with Gasteiger partial charge in [-0.2, -0.15) is 9.97 Å². The number of methoxy groups -OCH3 is 2. The quantitative estimate of drug-likeness (QED) is 0.748. The van der Waals surface area contributed by atoms with Crippen molar-refractivity contribution in [1.29, 1.82) is 0 Å². The molecule has 7 nitrogen and oxygen atoms in total. The van der Waals surface area contributed by atoms with Crippen LogP contribution < -0.4 is 9.47 Å². The number of ether oxygens (including phenoxy) is 2. The highest BCUT2D eigenvalue weighted by molar-refractivity contribution is 7.99. The van der Waals surface area contributed by atoms with E-state index in [2.05, 4.69) is 15.0 Å². The Morgan fingerprint density at radius 3 is 2.26 bits per heavy atom. The monoisotopic (exact) mass is 285 g/mol. The van der Waals surface area contributed by atoms with Crippen LogP contribution in [0.15, 0.2) is 5.16 Å². The van der Waals surface area contributed by atoms with Crippen molar-refractivity contribution in [3.63, 3.8) is 0 Å². The Morgan fingerprint density at radius 2 is 1.84 bits per heavy atom. The Morgan fingerprint density at radius 1 is 1.26 bits per heavy atom. The Kier molecular flexibility index (Phi) is 4.08. The van der Waals surface area contributed by atoms with Gasteiger partial charge in [0.15, 0.2) is 5.16 Å². The van der Waals surface area contributed by atoms with Crippen molar-refractivity contribution in [2.45, 2.75) is 24.4 Å². The minimum atomic E-state index is -0.760. The lowest BCUT2D eigenvalue weighted by atomic mass is 10.1. The summed E-state index contributed by atoms with van der Waals surface area (Å²) >= 11 is 1.41. The number of aliphatic carboxylic acids is 1. The van der Waals surface area contributed by atoms with E-state index in [-0.39, 0.29) is 23.9 Å². The summed E-state index contributed by atoms with van der Waals surface area (Å²) in [5.41, 5.74) is -0.108. The predicted molar refractivity (Wildman–Crippen MR) is 67.6 cm³/mol. The third-order valence-electron chi connectivity index (χ3n) is 2.93. The smallest absolute Gasteiger partial charge is 0.323 e. The number of carboxylic acid groups (broad SMARTS) is 1. The molecule has 1 aromatic rings. The summed E-state index contributed by atoms with van der Waals surface area (Å²) in [6, 6.07) is 0.384. The SMILES string of the molecule is COc1nc(OC)nc(SCC2(CC(=O)O)CC2)n1. The molecule has 0 bridgehead atoms. The first-order valence-electron chi connectivity index (χ1n) is 5.75. The summed E-state index contributed by atoms with van der Waals surface area (Å²) < 4.78 is 9.92. The molecule has 1 N–H and O–H groups in total. The molecule has 0 amide bonds. The van der Waals surface area contributed by atoms with Gasteiger partial charge in [-0.15, -0.1) is 4.98 Å². The zero-order chi connectivity index (χ0) is 13.9. The van der Waals surface area contributed by atoms with Crippen LogP contribution in [-0.4, -0.2) is 46.0 Å². The van der Waals surface area contributed by atoms with Crippen LogP contribution in [0.2, 0.25) is 0 Å². The topological polar surface area (TPSA) is 94.4 Å². The summed E-state index contributed by atoms with van der Waals surface area (Å²) in [6.07, 6.45) is 2.07. The van der Waals surface area contributed by atoms with E-state index in [0.29, 0.717) is 10.9 Å². The van der Waals surface area contributed by atoms with E-state index < -0.39 is 5.97 Å². The predicted octanol–water partition coefficient (Wildman–Crippen LogP) is 1.24. The summed E-state index contributed by atoms with van der Waals surface area (Å²) in [5.74, 6) is -0.0841. The lowest BCUT2D eigenvalue weighted by Crippen LogP contribution is -2.11. The standard InChI is InChI=1S/C11H15N3O4S/c1-17-8-12-9(18-2)14-10(13-8)19-6-11(3-4-11)5-7(15)16/h3-6H2,1-2H3,(H,15,16). The molecule has 1 aliphatic carbocycles. The van der Waals surface area contributed by atoms with E-state index in [1.807, 2.05) is 0 Å². The number of nitrogens with zero attached hydrogens (tertiary/aromatic N) is 3. The van der Waals surface area contributed by atoms with Gasteiger partial charge in [-0.1, -0.05) is 11.8 Å². The van der Waals surface area contributed by atoms with Gasteiger partial charge in [-0.25, -0.2) is 0 Å². The minimum absolute atomic E-state index is 0.108. The second-order valence-corrected chi connectivity index (χ2v) is 5.39. The van der Waals surface area contributed by atoms with E-state index in [1.54, 1.807) is 0 Å². The van der Waals surface area contributed by atoms with Gasteiger partial charge in [0.1, 0.15) is 0 Å². The molecule has 0 aromatic carbocycles. The van der Waals surface area contributed by atoms with Crippen molar-refractivity contribution >= 4 is 17.7 Å². The highest BCUT2D eigenvalue weighted by Crippen LogP contribution is 2.51. The maximum atomic E-state index is 10.8. The number of rotatable bonds is 7. The van der Waals surface area contributed by atoms with Crippen molar-refractivity contribution in [2.75, 3.05) is 20.0 Å². The molecular weight excluding hydrogens is 270 g/mol. The van der Waals surface area contributed by atoms with Gasteiger partial charge in [0.2, 0.25) is 0 Å². The summed E-state index contributed by atoms with van der Waals surface area (Å²) in [4.78, 5) is 22.9. The fourth-order valence-corrected chi connectivity index (χ4v) is 2.77. The molecule has 0 spiro atoms. The molecule has 0 unspecified atom stereocenters. The van der Waals surface area contributed by atoms with Crippen LogP contribution in [0.25, 0.3) is 0 Å². The zero-order valence-corrected chi connectivity index (χ0v) is 11.6. The van der Waals surface area contributed by atoms with Gasteiger partial charge >= 0.3 is 18.0 Å². The van der Waals surface area contributed by atoms with Crippen LogP contribution in [-0.2, 0) is 4.79 Å². The third-order valence-corrected chi connectivity index (χ3v) is 4.13. The first kappa shape index (κ1) is 13.9. The van der Waals surface area contributed by atoms with E-state index in [0.717, 1.165) is 12.8 Å². The largest absolute Gasteiger partial charge is 0.481 e. The van der Waals surface area contributed by atoms with Crippen molar-refractivity contribution < 1.29 is 19.4 Å². The molecule has 1 aliphatic rings. The van der Waals surface area contributed by atoms with Gasteiger partial charge in [0.25, 0.3) is 0 Å². The third kappa shape index (κ3) is 3.69. The van der Waals surface area contributed by atoms with E-state index >= 15 is 0 Å². The van der Waals surface area contributed by atoms with Gasteiger partial charge in [-0.05, 0) is 18.3 Å². The Labute approximate surface area is 114 Å². The van der Waals surface area contributed by atoms with Gasteiger partial charge in [0.05, 0.1) is 20.6 Å². The van der Waals surface area contributed by atoms with Crippen LogP contribution in [0.5, 0.6) is 12.0 Å². The Bertz CT molecular complexity index is 457. The molecular formula is C11H15N3O4S. The van der Waals surface area contributed by atoms with Crippen LogP contribution in [0.1, 0.15) is 19.3 Å². The van der Waals surface area contributed by atoms with E-state index in [4.69, 9.17) is 14.6 Å². The van der Waals surface area contributed by atoms with Gasteiger partial charge in [0, 0.05) is 5.75 Å². The number of aromatic nitrogens is 3. The molecule has 8 heteroatoms. The molecule has 0 aliphatic heterocycles. The average molecular weight is 285 g/mol. The minimum Gasteiger partial charge on any atom is -0.481 e. The first-order valence-corrected chi connectivity index (χ1v) is 6.74. The average Bonchev–Trinajstić information content (AvgIpc) is 3.15. The number of thioether (sulfide) groups is 1. The van der Waals surface area contributed by atoms with Gasteiger partial charge in [-0.3, -0.25) is 4.79 Å². The summed E-state index contributed by atoms with van der Waals surface area (Å²) in [7, 11) is 2.94. The van der Waals surface area contributed by atoms with Crippen molar-refractivity contribution in [3.05, 3.63) is 0 Å². The molecule has 0 saturated heterocycles. The fraction of sp³-hybridized carbons (Fsp3) is 0.636. The van der Waals surface area contributed by atoms with Crippen molar-refractivity contribution in [1.82, 2.24) is 15.0 Å². The van der Waals surface area contributed by atoms with E-state index in [1.165, 1.54) is 26.0 Å². The van der Waals surface area contributed by atoms with Crippen molar-refractivity contribution in [3.8, 4) is 12.0 Å². The number of carboxylic acids is 1. The zero-order valence-electron chi connectivity index (χ0n) is 10.8. The molecule has 0 atom stereocenters. The second-order valence-electron chi connectivity index (χ2n) is 4.45. The van der Waals surface area contributed by atoms with Gasteiger partial charge < -0.3 is 14.6 Å². The summed E-state index contributed by atoms with van der Waals surface area (Å²) in [6.45, 7) is 0.